The first kappa shape index (κ1) is 16.4. The summed E-state index contributed by atoms with van der Waals surface area (Å²) in [7, 11) is 1.82. The van der Waals surface area contributed by atoms with E-state index < -0.39 is 5.54 Å². The first-order chi connectivity index (χ1) is 8.11. The Morgan fingerprint density at radius 2 is 2.12 bits per heavy atom. The number of hydrogen-bond donors (Lipinski definition) is 1. The zero-order chi connectivity index (χ0) is 13.1. The van der Waals surface area contributed by atoms with Gasteiger partial charge in [0.1, 0.15) is 5.54 Å². The zero-order valence-corrected chi connectivity index (χ0v) is 11.9. The average Bonchev–Trinajstić information content (AvgIpc) is 2.37. The highest BCUT2D eigenvalue weighted by Gasteiger charge is 2.20. The van der Waals surface area contributed by atoms with Crippen molar-refractivity contribution in [1.29, 1.82) is 5.26 Å². The molecular weight excluding hydrogens is 212 g/mol. The van der Waals surface area contributed by atoms with Gasteiger partial charge in [0.05, 0.1) is 6.07 Å². The lowest BCUT2D eigenvalue weighted by atomic mass is 10.00. The van der Waals surface area contributed by atoms with Crippen molar-refractivity contribution in [2.45, 2.75) is 58.4 Å². The van der Waals surface area contributed by atoms with E-state index in [1.807, 2.05) is 14.0 Å². The van der Waals surface area contributed by atoms with Gasteiger partial charge in [0, 0.05) is 19.6 Å². The van der Waals surface area contributed by atoms with Crippen LogP contribution in [0.1, 0.15) is 52.9 Å². The first-order valence-corrected chi connectivity index (χ1v) is 6.79. The van der Waals surface area contributed by atoms with Gasteiger partial charge < -0.3 is 10.1 Å². The van der Waals surface area contributed by atoms with Gasteiger partial charge in [-0.3, -0.25) is 0 Å². The van der Waals surface area contributed by atoms with Gasteiger partial charge in [0.2, 0.25) is 0 Å². The highest BCUT2D eigenvalue weighted by molar-refractivity contribution is 5.02. The van der Waals surface area contributed by atoms with Gasteiger partial charge in [0.15, 0.2) is 0 Å². The van der Waals surface area contributed by atoms with E-state index in [2.05, 4.69) is 25.2 Å². The molecule has 0 aliphatic heterocycles. The van der Waals surface area contributed by atoms with E-state index in [4.69, 9.17) is 10.00 Å². The molecule has 0 saturated carbocycles. The molecule has 0 rings (SSSR count). The second-order valence-corrected chi connectivity index (χ2v) is 4.94. The Balaban J connectivity index is 3.71. The molecular formula is C14H28N2O. The molecule has 0 aromatic carbocycles. The van der Waals surface area contributed by atoms with Crippen LogP contribution in [0, 0.1) is 17.2 Å². The van der Waals surface area contributed by atoms with Gasteiger partial charge in [-0.1, -0.05) is 33.1 Å². The number of unbranched alkanes of at least 4 members (excludes halogenated alkanes) is 1. The van der Waals surface area contributed by atoms with E-state index in [9.17, 15) is 0 Å². The summed E-state index contributed by atoms with van der Waals surface area (Å²) < 4.78 is 5.69. The molecule has 0 aromatic heterocycles. The Morgan fingerprint density at radius 1 is 1.41 bits per heavy atom. The van der Waals surface area contributed by atoms with E-state index >= 15 is 0 Å². The molecule has 0 aromatic rings. The minimum absolute atomic E-state index is 0.453. The highest BCUT2D eigenvalue weighted by atomic mass is 16.5. The Bertz CT molecular complexity index is 225. The summed E-state index contributed by atoms with van der Waals surface area (Å²) in [6.07, 6.45) is 5.72. The smallest absolute Gasteiger partial charge is 0.105 e. The second kappa shape index (κ2) is 9.44. The summed E-state index contributed by atoms with van der Waals surface area (Å²) in [6, 6.07) is 2.27. The molecule has 1 N–H and O–H groups in total. The van der Waals surface area contributed by atoms with Crippen LogP contribution < -0.4 is 5.32 Å². The molecule has 0 saturated heterocycles. The van der Waals surface area contributed by atoms with E-state index in [1.54, 1.807) is 0 Å². The minimum Gasteiger partial charge on any atom is -0.381 e. The molecule has 2 atom stereocenters. The summed E-state index contributed by atoms with van der Waals surface area (Å²) in [4.78, 5) is 0. The third kappa shape index (κ3) is 7.36. The molecule has 0 amide bonds. The Hall–Kier alpha value is -0.590. The normalized spacial score (nSPS) is 16.2. The van der Waals surface area contributed by atoms with Gasteiger partial charge >= 0.3 is 0 Å². The maximum absolute atomic E-state index is 8.99. The van der Waals surface area contributed by atoms with E-state index in [0.29, 0.717) is 12.5 Å². The van der Waals surface area contributed by atoms with Crippen LogP contribution >= 0.6 is 0 Å². The van der Waals surface area contributed by atoms with Gasteiger partial charge in [0.25, 0.3) is 0 Å². The maximum Gasteiger partial charge on any atom is 0.105 e. The number of nitrogens with zero attached hydrogens (tertiary/aromatic N) is 1. The fraction of sp³-hybridized carbons (Fsp3) is 0.929. The largest absolute Gasteiger partial charge is 0.381 e. The molecule has 0 spiro atoms. The molecule has 0 fully saturated rings. The monoisotopic (exact) mass is 240 g/mol. The summed E-state index contributed by atoms with van der Waals surface area (Å²) >= 11 is 0. The summed E-state index contributed by atoms with van der Waals surface area (Å²) in [6.45, 7) is 7.84. The molecule has 0 bridgehead atoms. The van der Waals surface area contributed by atoms with Gasteiger partial charge in [-0.2, -0.15) is 5.26 Å². The number of hydrogen-bond acceptors (Lipinski definition) is 3. The van der Waals surface area contributed by atoms with E-state index in [1.165, 1.54) is 25.7 Å². The topological polar surface area (TPSA) is 45.0 Å². The highest BCUT2D eigenvalue weighted by Crippen LogP contribution is 2.14. The predicted molar refractivity (Wildman–Crippen MR) is 71.8 cm³/mol. The molecule has 0 aliphatic carbocycles. The van der Waals surface area contributed by atoms with Crippen molar-refractivity contribution >= 4 is 0 Å². The molecule has 0 heterocycles. The van der Waals surface area contributed by atoms with Gasteiger partial charge in [-0.25, -0.2) is 0 Å². The number of ether oxygens (including phenoxy) is 1. The molecule has 0 radical (unpaired) electrons. The van der Waals surface area contributed by atoms with Gasteiger partial charge in [-0.05, 0) is 26.3 Å². The maximum atomic E-state index is 8.99. The molecule has 3 nitrogen and oxygen atoms in total. The SMILES string of the molecule is CCCCC(CC)COCCC(C)(C#N)NC. The number of nitriles is 1. The lowest BCUT2D eigenvalue weighted by molar-refractivity contribution is 0.0833. The Kier molecular flexibility index (Phi) is 9.11. The van der Waals surface area contributed by atoms with Crippen LogP contribution in [-0.4, -0.2) is 25.8 Å². The Labute approximate surface area is 107 Å². The van der Waals surface area contributed by atoms with Crippen LogP contribution in [0.25, 0.3) is 0 Å². The van der Waals surface area contributed by atoms with Crippen LogP contribution in [0.15, 0.2) is 0 Å². The van der Waals surface area contributed by atoms with Crippen molar-refractivity contribution in [3.8, 4) is 6.07 Å². The van der Waals surface area contributed by atoms with Gasteiger partial charge in [-0.15, -0.1) is 0 Å². The summed E-state index contributed by atoms with van der Waals surface area (Å²) in [5.41, 5.74) is -0.453. The van der Waals surface area contributed by atoms with Crippen molar-refractivity contribution in [2.24, 2.45) is 5.92 Å². The van der Waals surface area contributed by atoms with Crippen molar-refractivity contribution in [3.05, 3.63) is 0 Å². The van der Waals surface area contributed by atoms with Crippen LogP contribution in [0.2, 0.25) is 0 Å². The van der Waals surface area contributed by atoms with Crippen molar-refractivity contribution in [3.63, 3.8) is 0 Å². The van der Waals surface area contributed by atoms with E-state index in [0.717, 1.165) is 13.0 Å². The third-order valence-electron chi connectivity index (χ3n) is 3.44. The standard InChI is InChI=1S/C14H28N2O/c1-5-7-8-13(6-2)11-17-10-9-14(3,12-15)16-4/h13,16H,5-11H2,1-4H3. The molecule has 2 unspecified atom stereocenters. The van der Waals surface area contributed by atoms with Crippen LogP contribution in [0.4, 0.5) is 0 Å². The summed E-state index contributed by atoms with van der Waals surface area (Å²) in [5, 5.41) is 12.0. The molecule has 3 heteroatoms. The minimum atomic E-state index is -0.453. The fourth-order valence-corrected chi connectivity index (χ4v) is 1.66. The number of rotatable bonds is 10. The first-order valence-electron chi connectivity index (χ1n) is 6.79. The number of nitrogens with one attached hydrogen (secondary N) is 1. The molecule has 17 heavy (non-hydrogen) atoms. The second-order valence-electron chi connectivity index (χ2n) is 4.94. The van der Waals surface area contributed by atoms with Crippen LogP contribution in [-0.2, 0) is 4.74 Å². The lowest BCUT2D eigenvalue weighted by Crippen LogP contribution is -2.39. The predicted octanol–water partition coefficient (Wildman–Crippen LogP) is 3.11. The lowest BCUT2D eigenvalue weighted by Gasteiger charge is -2.21. The summed E-state index contributed by atoms with van der Waals surface area (Å²) in [5.74, 6) is 0.679. The van der Waals surface area contributed by atoms with Crippen molar-refractivity contribution in [2.75, 3.05) is 20.3 Å². The third-order valence-corrected chi connectivity index (χ3v) is 3.44. The van der Waals surface area contributed by atoms with Crippen LogP contribution in [0.5, 0.6) is 0 Å². The van der Waals surface area contributed by atoms with Crippen molar-refractivity contribution < 1.29 is 4.74 Å². The molecule has 100 valence electrons. The van der Waals surface area contributed by atoms with Crippen molar-refractivity contribution in [1.82, 2.24) is 5.32 Å². The van der Waals surface area contributed by atoms with E-state index in [-0.39, 0.29) is 0 Å². The average molecular weight is 240 g/mol. The quantitative estimate of drug-likeness (QED) is 0.597. The van der Waals surface area contributed by atoms with Crippen LogP contribution in [0.3, 0.4) is 0 Å². The Morgan fingerprint density at radius 3 is 2.59 bits per heavy atom. The zero-order valence-electron chi connectivity index (χ0n) is 11.9. The fourth-order valence-electron chi connectivity index (χ4n) is 1.66. The molecule has 0 aliphatic rings.